The zero-order chi connectivity index (χ0) is 26.1. The number of amides is 2. The molecule has 0 unspecified atom stereocenters. The lowest BCUT2D eigenvalue weighted by Crippen LogP contribution is -2.40. The van der Waals surface area contributed by atoms with Crippen molar-refractivity contribution >= 4 is 72.0 Å². The Bertz CT molecular complexity index is 2050. The normalized spacial score (nSPS) is 13.6. The first kappa shape index (κ1) is 21.6. The molecule has 1 heterocycles. The van der Waals surface area contributed by atoms with Crippen LogP contribution in [0.25, 0.3) is 43.1 Å². The molecule has 39 heavy (non-hydrogen) atoms. The highest BCUT2D eigenvalue weighted by atomic mass is 16.2. The van der Waals surface area contributed by atoms with E-state index in [1.807, 2.05) is 54.6 Å². The van der Waals surface area contributed by atoms with Crippen molar-refractivity contribution in [3.05, 3.63) is 126 Å². The lowest BCUT2D eigenvalue weighted by atomic mass is 9.85. The topological polar surface area (TPSA) is 62.1 Å². The zero-order valence-corrected chi connectivity index (χ0v) is 20.6. The van der Waals surface area contributed by atoms with E-state index in [0.29, 0.717) is 22.5 Å². The summed E-state index contributed by atoms with van der Waals surface area (Å²) in [5, 5.41) is 17.0. The van der Waals surface area contributed by atoms with Crippen LogP contribution in [0.5, 0.6) is 0 Å². The summed E-state index contributed by atoms with van der Waals surface area (Å²) in [7, 11) is 0. The molecule has 0 radical (unpaired) electrons. The second-order valence-corrected chi connectivity index (χ2v) is 9.78. The highest BCUT2D eigenvalue weighted by Gasteiger charge is 2.35. The summed E-state index contributed by atoms with van der Waals surface area (Å²) in [5.41, 5.74) is 2.94. The van der Waals surface area contributed by atoms with Crippen LogP contribution in [0.15, 0.2) is 125 Å². The lowest BCUT2D eigenvalue weighted by Gasteiger charge is -2.28. The van der Waals surface area contributed by atoms with Crippen LogP contribution in [0.2, 0.25) is 0 Å². The summed E-state index contributed by atoms with van der Waals surface area (Å²) in [4.78, 5) is 28.9. The Morgan fingerprint density at radius 1 is 0.436 bits per heavy atom. The number of carbonyl (C=O) groups is 2. The van der Waals surface area contributed by atoms with Gasteiger partial charge >= 0.3 is 0 Å². The van der Waals surface area contributed by atoms with Crippen LogP contribution < -0.4 is 4.90 Å². The number of hydrogen-bond acceptors (Lipinski definition) is 4. The van der Waals surface area contributed by atoms with E-state index in [-0.39, 0.29) is 11.8 Å². The molecule has 7 aromatic rings. The maximum atomic E-state index is 13.8. The molecule has 0 aliphatic carbocycles. The van der Waals surface area contributed by atoms with Gasteiger partial charge < -0.3 is 0 Å². The predicted octanol–water partition coefficient (Wildman–Crippen LogP) is 8.95. The van der Waals surface area contributed by atoms with Gasteiger partial charge in [-0.25, -0.2) is 4.90 Å². The van der Waals surface area contributed by atoms with Crippen LogP contribution in [0.3, 0.4) is 0 Å². The van der Waals surface area contributed by atoms with Crippen molar-refractivity contribution in [3.8, 4) is 0 Å². The Kier molecular flexibility index (Phi) is 4.46. The van der Waals surface area contributed by atoms with E-state index in [0.717, 1.165) is 38.0 Å². The molecule has 0 N–H and O–H groups in total. The molecule has 1 aliphatic rings. The van der Waals surface area contributed by atoms with Gasteiger partial charge in [0.2, 0.25) is 0 Å². The average molecular weight is 502 g/mol. The van der Waals surface area contributed by atoms with E-state index >= 15 is 0 Å². The Balaban J connectivity index is 1.27. The Labute approximate surface area is 223 Å². The molecule has 0 saturated heterocycles. The fourth-order valence-corrected chi connectivity index (χ4v) is 5.94. The molecular formula is C34H19N3O2. The summed E-state index contributed by atoms with van der Waals surface area (Å²) >= 11 is 0. The Hall–Kier alpha value is -5.42. The van der Waals surface area contributed by atoms with Crippen LogP contribution in [0, 0.1) is 0 Å². The molecule has 7 aromatic carbocycles. The highest BCUT2D eigenvalue weighted by Crippen LogP contribution is 2.44. The van der Waals surface area contributed by atoms with Gasteiger partial charge in [-0.2, -0.15) is 10.2 Å². The number of nitrogens with zero attached hydrogens (tertiary/aromatic N) is 3. The van der Waals surface area contributed by atoms with Crippen LogP contribution >= 0.6 is 0 Å². The summed E-state index contributed by atoms with van der Waals surface area (Å²) in [6.45, 7) is 0. The fraction of sp³-hybridized carbons (Fsp3) is 0. The molecule has 8 rings (SSSR count). The second kappa shape index (κ2) is 8.04. The molecule has 0 bridgehead atoms. The van der Waals surface area contributed by atoms with Crippen molar-refractivity contribution in [1.82, 2.24) is 0 Å². The second-order valence-electron chi connectivity index (χ2n) is 9.78. The van der Waals surface area contributed by atoms with E-state index in [9.17, 15) is 9.59 Å². The van der Waals surface area contributed by atoms with E-state index in [1.54, 1.807) is 24.3 Å². The third-order valence-electron chi connectivity index (χ3n) is 7.66. The van der Waals surface area contributed by atoms with Gasteiger partial charge in [0.25, 0.3) is 11.8 Å². The SMILES string of the molecule is O=C1c2ccc3c4cccc5cccc(c6ccc(c2c36)C(=O)N1c1ccc(N=Nc2ccccc2)cc1)c54. The first-order valence-corrected chi connectivity index (χ1v) is 12.8. The van der Waals surface area contributed by atoms with Gasteiger partial charge in [-0.05, 0) is 86.2 Å². The zero-order valence-electron chi connectivity index (χ0n) is 20.6. The third kappa shape index (κ3) is 3.07. The molecule has 0 atom stereocenters. The van der Waals surface area contributed by atoms with Gasteiger partial charge in [0.15, 0.2) is 0 Å². The minimum absolute atomic E-state index is 0.327. The predicted molar refractivity (Wildman–Crippen MR) is 156 cm³/mol. The third-order valence-corrected chi connectivity index (χ3v) is 7.66. The van der Waals surface area contributed by atoms with Crippen molar-refractivity contribution in [1.29, 1.82) is 0 Å². The number of fused-ring (bicyclic) bond motifs is 2. The van der Waals surface area contributed by atoms with E-state index < -0.39 is 0 Å². The van der Waals surface area contributed by atoms with Crippen LogP contribution in [0.4, 0.5) is 17.1 Å². The van der Waals surface area contributed by atoms with Crippen LogP contribution in [0.1, 0.15) is 20.7 Å². The molecule has 1 aliphatic heterocycles. The van der Waals surface area contributed by atoms with Crippen LogP contribution in [-0.2, 0) is 0 Å². The minimum atomic E-state index is -0.327. The smallest absolute Gasteiger partial charge is 0.265 e. The van der Waals surface area contributed by atoms with Crippen molar-refractivity contribution < 1.29 is 9.59 Å². The van der Waals surface area contributed by atoms with Crippen LogP contribution in [-0.4, -0.2) is 11.8 Å². The molecule has 182 valence electrons. The van der Waals surface area contributed by atoms with Gasteiger partial charge in [0, 0.05) is 16.5 Å². The largest absolute Gasteiger partial charge is 0.268 e. The summed E-state index contributed by atoms with van der Waals surface area (Å²) in [5.74, 6) is -0.654. The molecule has 0 fully saturated rings. The monoisotopic (exact) mass is 501 g/mol. The van der Waals surface area contributed by atoms with Gasteiger partial charge in [-0.1, -0.05) is 66.7 Å². The number of anilines is 1. The standard InChI is InChI=1S/C34H19N3O2/c38-33-28-18-16-26-24-10-4-6-20-7-5-11-25(30(20)24)27-17-19-29(32(28)31(26)27)34(39)37(33)23-14-12-22(13-15-23)36-35-21-8-2-1-3-9-21/h1-19H. The van der Waals surface area contributed by atoms with E-state index in [1.165, 1.54) is 15.7 Å². The lowest BCUT2D eigenvalue weighted by molar-refractivity contribution is 0.0893. The van der Waals surface area contributed by atoms with E-state index in [2.05, 4.69) is 46.6 Å². The van der Waals surface area contributed by atoms with Crippen molar-refractivity contribution in [3.63, 3.8) is 0 Å². The number of benzene rings is 7. The van der Waals surface area contributed by atoms with Crippen molar-refractivity contribution in [2.45, 2.75) is 0 Å². The Morgan fingerprint density at radius 2 is 0.974 bits per heavy atom. The summed E-state index contributed by atoms with van der Waals surface area (Å²) in [6, 6.07) is 36.8. The van der Waals surface area contributed by atoms with E-state index in [4.69, 9.17) is 0 Å². The first-order valence-electron chi connectivity index (χ1n) is 12.8. The van der Waals surface area contributed by atoms with Gasteiger partial charge in [-0.15, -0.1) is 0 Å². The van der Waals surface area contributed by atoms with Crippen molar-refractivity contribution in [2.24, 2.45) is 10.2 Å². The Morgan fingerprint density at radius 3 is 1.56 bits per heavy atom. The minimum Gasteiger partial charge on any atom is -0.268 e. The number of azo groups is 1. The molecule has 0 saturated carbocycles. The fourth-order valence-electron chi connectivity index (χ4n) is 5.94. The maximum Gasteiger partial charge on any atom is 0.265 e. The van der Waals surface area contributed by atoms with Gasteiger partial charge in [0.05, 0.1) is 17.1 Å². The number of rotatable bonds is 3. The molecule has 2 amide bonds. The van der Waals surface area contributed by atoms with Crippen molar-refractivity contribution in [2.75, 3.05) is 4.90 Å². The first-order chi connectivity index (χ1) is 19.2. The number of carbonyl (C=O) groups excluding carboxylic acids is 2. The molecule has 5 heteroatoms. The number of imide groups is 1. The maximum absolute atomic E-state index is 13.8. The quantitative estimate of drug-likeness (QED) is 0.105. The molecule has 0 spiro atoms. The summed E-state index contributed by atoms with van der Waals surface area (Å²) in [6.07, 6.45) is 0. The van der Waals surface area contributed by atoms with Gasteiger partial charge in [0.1, 0.15) is 0 Å². The average Bonchev–Trinajstić information content (AvgIpc) is 2.99. The molecular weight excluding hydrogens is 482 g/mol. The highest BCUT2D eigenvalue weighted by molar-refractivity contribution is 6.42. The molecule has 0 aromatic heterocycles. The number of hydrogen-bond donors (Lipinski definition) is 0. The summed E-state index contributed by atoms with van der Waals surface area (Å²) < 4.78 is 0. The molecule has 5 nitrogen and oxygen atoms in total. The van der Waals surface area contributed by atoms with Gasteiger partial charge in [-0.3, -0.25) is 9.59 Å².